The van der Waals surface area contributed by atoms with Crippen LogP contribution in [0.5, 0.6) is 0 Å². The highest BCUT2D eigenvalue weighted by molar-refractivity contribution is 8.00. The van der Waals surface area contributed by atoms with Gasteiger partial charge in [-0.3, -0.25) is 19.4 Å². The van der Waals surface area contributed by atoms with Gasteiger partial charge in [0, 0.05) is 0 Å². The van der Waals surface area contributed by atoms with Crippen LogP contribution in [-0.4, -0.2) is 33.7 Å². The summed E-state index contributed by atoms with van der Waals surface area (Å²) in [6.07, 6.45) is 0. The van der Waals surface area contributed by atoms with E-state index in [1.807, 2.05) is 0 Å². The van der Waals surface area contributed by atoms with Gasteiger partial charge < -0.3 is 15.8 Å². The van der Waals surface area contributed by atoms with Crippen LogP contribution in [0.1, 0.15) is 24.2 Å². The molecule has 0 aliphatic heterocycles. The Hall–Kier alpha value is -2.88. The Morgan fingerprint density at radius 1 is 1.42 bits per heavy atom. The molecule has 26 heavy (non-hydrogen) atoms. The van der Waals surface area contributed by atoms with Crippen LogP contribution >= 0.6 is 11.8 Å². The lowest BCUT2D eigenvalue weighted by atomic mass is 10.2. The number of carbonyl (C=O) groups excluding carboxylic acids is 2. The van der Waals surface area contributed by atoms with Crippen LogP contribution in [0.25, 0.3) is 0 Å². The number of halogens is 1. The van der Waals surface area contributed by atoms with Gasteiger partial charge >= 0.3 is 5.97 Å². The number of nitrogens with two attached hydrogens (primary N) is 1. The van der Waals surface area contributed by atoms with Gasteiger partial charge in [-0.2, -0.15) is 0 Å². The molecule has 4 N–H and O–H groups in total. The molecular weight excluding hydrogens is 363 g/mol. The number of thioether (sulfide) groups is 1. The molecule has 0 aliphatic rings. The average molecular weight is 380 g/mol. The minimum Gasteiger partial charge on any atom is -0.465 e. The van der Waals surface area contributed by atoms with Gasteiger partial charge in [0.05, 0.1) is 12.2 Å². The predicted molar refractivity (Wildman–Crippen MR) is 95.6 cm³/mol. The number of H-pyrrole nitrogens is 1. The Morgan fingerprint density at radius 3 is 2.73 bits per heavy atom. The van der Waals surface area contributed by atoms with Gasteiger partial charge in [-0.05, 0) is 26.0 Å². The fourth-order valence-electron chi connectivity index (χ4n) is 1.95. The molecule has 1 aromatic heterocycles. The number of aromatic amines is 1. The van der Waals surface area contributed by atoms with E-state index in [9.17, 15) is 18.8 Å². The number of aromatic nitrogens is 2. The van der Waals surface area contributed by atoms with Crippen molar-refractivity contribution in [2.75, 3.05) is 17.7 Å². The first-order valence-electron chi connectivity index (χ1n) is 7.62. The zero-order valence-electron chi connectivity index (χ0n) is 14.0. The minimum atomic E-state index is -0.831. The van der Waals surface area contributed by atoms with Crippen LogP contribution in [0.4, 0.5) is 15.9 Å². The van der Waals surface area contributed by atoms with Crippen molar-refractivity contribution in [3.05, 3.63) is 46.0 Å². The molecule has 0 bridgehead atoms. The Kier molecular flexibility index (Phi) is 6.34. The van der Waals surface area contributed by atoms with E-state index < -0.39 is 28.5 Å². The number of carbonyl (C=O) groups is 2. The van der Waals surface area contributed by atoms with Gasteiger partial charge in [0.25, 0.3) is 11.5 Å². The van der Waals surface area contributed by atoms with Crippen LogP contribution in [0.15, 0.2) is 34.2 Å². The topological polar surface area (TPSA) is 127 Å². The van der Waals surface area contributed by atoms with Crippen molar-refractivity contribution in [2.24, 2.45) is 0 Å². The van der Waals surface area contributed by atoms with Crippen molar-refractivity contribution in [1.29, 1.82) is 0 Å². The van der Waals surface area contributed by atoms with Gasteiger partial charge in [0.2, 0.25) is 0 Å². The number of esters is 1. The molecule has 2 rings (SSSR count). The summed E-state index contributed by atoms with van der Waals surface area (Å²) in [6.45, 7) is 3.50. The Labute approximate surface area is 152 Å². The Bertz CT molecular complexity index is 887. The molecule has 0 spiro atoms. The number of nitrogens with one attached hydrogen (secondary N) is 2. The second-order valence-electron chi connectivity index (χ2n) is 5.08. The first-order chi connectivity index (χ1) is 12.3. The number of ether oxygens (including phenoxy) is 1. The summed E-state index contributed by atoms with van der Waals surface area (Å²) in [6, 6.07) is 5.32. The van der Waals surface area contributed by atoms with Crippen LogP contribution < -0.4 is 16.6 Å². The van der Waals surface area contributed by atoms with E-state index in [-0.39, 0.29) is 28.8 Å². The predicted octanol–water partition coefficient (Wildman–Crippen LogP) is 1.79. The molecule has 1 heterocycles. The van der Waals surface area contributed by atoms with Crippen molar-refractivity contribution in [3.8, 4) is 0 Å². The number of nitrogens with zero attached hydrogens (tertiary/aromatic N) is 1. The fraction of sp³-hybridized carbons (Fsp3) is 0.250. The van der Waals surface area contributed by atoms with E-state index in [0.717, 1.165) is 17.8 Å². The highest BCUT2D eigenvalue weighted by Gasteiger charge is 2.20. The third-order valence-corrected chi connectivity index (χ3v) is 4.15. The zero-order valence-corrected chi connectivity index (χ0v) is 14.9. The van der Waals surface area contributed by atoms with Crippen LogP contribution in [0.2, 0.25) is 0 Å². The molecule has 138 valence electrons. The standard InChI is InChI=1S/C16H17FN4O4S/c1-3-25-15(24)8(2)26-16-20-12(18)11(14(23)21-16)19-13(22)9-6-4-5-7-10(9)17/h4-8H,3H2,1-2H3,(H,19,22)(H3,18,20,21,23)/t8-/m1/s1. The normalized spacial score (nSPS) is 11.7. The molecule has 2 aromatic rings. The largest absolute Gasteiger partial charge is 0.465 e. The number of rotatable bonds is 6. The second-order valence-corrected chi connectivity index (χ2v) is 6.41. The van der Waals surface area contributed by atoms with E-state index in [0.29, 0.717) is 0 Å². The number of amides is 1. The van der Waals surface area contributed by atoms with E-state index in [2.05, 4.69) is 15.3 Å². The number of hydrogen-bond acceptors (Lipinski definition) is 7. The lowest BCUT2D eigenvalue weighted by molar-refractivity contribution is -0.142. The van der Waals surface area contributed by atoms with E-state index >= 15 is 0 Å². The van der Waals surface area contributed by atoms with Crippen LogP contribution in [0, 0.1) is 5.82 Å². The van der Waals surface area contributed by atoms with Gasteiger partial charge in [0.15, 0.2) is 11.0 Å². The van der Waals surface area contributed by atoms with Crippen molar-refractivity contribution >= 4 is 35.1 Å². The highest BCUT2D eigenvalue weighted by atomic mass is 32.2. The smallest absolute Gasteiger partial charge is 0.319 e. The molecule has 10 heteroatoms. The summed E-state index contributed by atoms with van der Waals surface area (Å²) >= 11 is 0.952. The number of nitrogen functional groups attached to an aromatic ring is 1. The monoisotopic (exact) mass is 380 g/mol. The fourth-order valence-corrected chi connectivity index (χ4v) is 2.75. The maximum Gasteiger partial charge on any atom is 0.319 e. The first-order valence-corrected chi connectivity index (χ1v) is 8.50. The van der Waals surface area contributed by atoms with E-state index in [1.54, 1.807) is 13.8 Å². The van der Waals surface area contributed by atoms with Gasteiger partial charge in [-0.1, -0.05) is 23.9 Å². The quantitative estimate of drug-likeness (QED) is 0.396. The third kappa shape index (κ3) is 4.60. The molecular formula is C16H17FN4O4S. The Morgan fingerprint density at radius 2 is 2.12 bits per heavy atom. The molecule has 0 fully saturated rings. The maximum atomic E-state index is 13.6. The van der Waals surface area contributed by atoms with Gasteiger partial charge in [0.1, 0.15) is 16.8 Å². The number of hydrogen-bond donors (Lipinski definition) is 3. The van der Waals surface area contributed by atoms with Crippen molar-refractivity contribution < 1.29 is 18.7 Å². The molecule has 8 nitrogen and oxygen atoms in total. The summed E-state index contributed by atoms with van der Waals surface area (Å²) in [5.41, 5.74) is 4.47. The van der Waals surface area contributed by atoms with Gasteiger partial charge in [-0.15, -0.1) is 0 Å². The molecule has 1 amide bonds. The Balaban J connectivity index is 2.19. The molecule has 0 aliphatic carbocycles. The minimum absolute atomic E-state index is 0.0944. The molecule has 1 aromatic carbocycles. The zero-order chi connectivity index (χ0) is 19.3. The summed E-state index contributed by atoms with van der Waals surface area (Å²) in [5, 5.41) is 1.73. The van der Waals surface area contributed by atoms with E-state index in [4.69, 9.17) is 10.5 Å². The maximum absolute atomic E-state index is 13.6. The molecule has 1 atom stereocenters. The number of benzene rings is 1. The first kappa shape index (κ1) is 19.4. The summed E-state index contributed by atoms with van der Waals surface area (Å²) in [4.78, 5) is 42.3. The average Bonchev–Trinajstić information content (AvgIpc) is 2.58. The summed E-state index contributed by atoms with van der Waals surface area (Å²) in [7, 11) is 0. The van der Waals surface area contributed by atoms with Gasteiger partial charge in [-0.25, -0.2) is 9.37 Å². The second kappa shape index (κ2) is 8.48. The number of anilines is 2. The molecule has 0 radical (unpaired) electrons. The highest BCUT2D eigenvalue weighted by Crippen LogP contribution is 2.22. The lowest BCUT2D eigenvalue weighted by Crippen LogP contribution is -2.24. The summed E-state index contributed by atoms with van der Waals surface area (Å²) < 4.78 is 18.5. The summed E-state index contributed by atoms with van der Waals surface area (Å²) in [5.74, 6) is -2.28. The lowest BCUT2D eigenvalue weighted by Gasteiger charge is -2.11. The SMILES string of the molecule is CCOC(=O)[C@@H](C)Sc1nc(N)c(NC(=O)c2ccccc2F)c(=O)[nH]1. The van der Waals surface area contributed by atoms with Crippen molar-refractivity contribution in [3.63, 3.8) is 0 Å². The molecule has 0 saturated heterocycles. The van der Waals surface area contributed by atoms with E-state index in [1.165, 1.54) is 18.2 Å². The third-order valence-electron chi connectivity index (χ3n) is 3.19. The molecule has 0 unspecified atom stereocenters. The van der Waals surface area contributed by atoms with Crippen molar-refractivity contribution in [1.82, 2.24) is 9.97 Å². The van der Waals surface area contributed by atoms with Crippen molar-refractivity contribution in [2.45, 2.75) is 24.3 Å². The molecule has 0 saturated carbocycles. The van der Waals surface area contributed by atoms with Crippen LogP contribution in [0.3, 0.4) is 0 Å². The van der Waals surface area contributed by atoms with Crippen LogP contribution in [-0.2, 0) is 9.53 Å².